The Labute approximate surface area is 193 Å². The maximum atomic E-state index is 13.9. The first-order valence-electron chi connectivity index (χ1n) is 11.8. The number of aryl methyl sites for hydroxylation is 2. The average molecular weight is 433 g/mol. The van der Waals surface area contributed by atoms with Gasteiger partial charge in [-0.25, -0.2) is 4.39 Å². The van der Waals surface area contributed by atoms with Crippen LogP contribution in [0.2, 0.25) is 0 Å². The number of anilines is 1. The standard InChI is InChI=1S/C29H37FN2/c1-7-16-31-29(9-3)32(6)28-15-12-24(19-22(28)8-2)25-13-10-20(4)17-26(25)23-11-14-27(30)21(5)18-23/h9-15,18-20,31H,7-8,16-17H2,1-6H3. The Morgan fingerprint density at radius 3 is 2.56 bits per heavy atom. The number of halogens is 1. The Morgan fingerprint density at radius 2 is 1.91 bits per heavy atom. The maximum Gasteiger partial charge on any atom is 0.126 e. The lowest BCUT2D eigenvalue weighted by molar-refractivity contribution is 0.618. The molecule has 1 aliphatic rings. The number of nitrogens with zero attached hydrogens (tertiary/aromatic N) is 1. The number of benzene rings is 2. The number of allylic oxidation sites excluding steroid dienone is 5. The van der Waals surface area contributed by atoms with Crippen molar-refractivity contribution in [3.63, 3.8) is 0 Å². The number of rotatable bonds is 8. The van der Waals surface area contributed by atoms with Gasteiger partial charge in [0.2, 0.25) is 0 Å². The summed E-state index contributed by atoms with van der Waals surface area (Å²) < 4.78 is 13.9. The predicted molar refractivity (Wildman–Crippen MR) is 137 cm³/mol. The molecule has 1 N–H and O–H groups in total. The van der Waals surface area contributed by atoms with Gasteiger partial charge in [0.25, 0.3) is 0 Å². The van der Waals surface area contributed by atoms with Crippen LogP contribution >= 0.6 is 0 Å². The van der Waals surface area contributed by atoms with Gasteiger partial charge >= 0.3 is 0 Å². The third kappa shape index (κ3) is 5.15. The first-order valence-corrected chi connectivity index (χ1v) is 11.8. The van der Waals surface area contributed by atoms with Gasteiger partial charge in [-0.3, -0.25) is 0 Å². The molecular weight excluding hydrogens is 395 g/mol. The Kier molecular flexibility index (Phi) is 7.95. The fourth-order valence-corrected chi connectivity index (χ4v) is 4.40. The maximum absolute atomic E-state index is 13.9. The van der Waals surface area contributed by atoms with Crippen LogP contribution in [0.25, 0.3) is 11.1 Å². The third-order valence-electron chi connectivity index (χ3n) is 6.27. The van der Waals surface area contributed by atoms with Crippen molar-refractivity contribution in [1.29, 1.82) is 0 Å². The topological polar surface area (TPSA) is 15.3 Å². The molecule has 1 aliphatic carbocycles. The van der Waals surface area contributed by atoms with Crippen molar-refractivity contribution in [3.05, 3.63) is 88.5 Å². The largest absolute Gasteiger partial charge is 0.372 e. The highest BCUT2D eigenvalue weighted by atomic mass is 19.1. The van der Waals surface area contributed by atoms with Crippen LogP contribution in [0.4, 0.5) is 10.1 Å². The van der Waals surface area contributed by atoms with Crippen LogP contribution < -0.4 is 10.2 Å². The minimum atomic E-state index is -0.146. The van der Waals surface area contributed by atoms with E-state index in [1.807, 2.05) is 19.1 Å². The van der Waals surface area contributed by atoms with Gasteiger partial charge in [-0.1, -0.05) is 45.1 Å². The summed E-state index contributed by atoms with van der Waals surface area (Å²) in [6.07, 6.45) is 9.68. The zero-order valence-corrected chi connectivity index (χ0v) is 20.4. The summed E-state index contributed by atoms with van der Waals surface area (Å²) in [4.78, 5) is 2.25. The smallest absolute Gasteiger partial charge is 0.126 e. The van der Waals surface area contributed by atoms with E-state index in [1.54, 1.807) is 6.07 Å². The first kappa shape index (κ1) is 23.8. The fraction of sp³-hybridized carbons (Fsp3) is 0.379. The van der Waals surface area contributed by atoms with Gasteiger partial charge in [0.1, 0.15) is 11.6 Å². The van der Waals surface area contributed by atoms with Crippen LogP contribution in [0.5, 0.6) is 0 Å². The molecule has 170 valence electrons. The molecular formula is C29H37FN2. The Balaban J connectivity index is 2.05. The quantitative estimate of drug-likeness (QED) is 0.464. The van der Waals surface area contributed by atoms with E-state index in [0.29, 0.717) is 11.5 Å². The fourth-order valence-electron chi connectivity index (χ4n) is 4.40. The highest BCUT2D eigenvalue weighted by Gasteiger charge is 2.19. The van der Waals surface area contributed by atoms with Gasteiger partial charge in [-0.2, -0.15) is 0 Å². The summed E-state index contributed by atoms with van der Waals surface area (Å²) in [5.74, 6) is 1.45. The van der Waals surface area contributed by atoms with E-state index in [2.05, 4.69) is 81.4 Å². The lowest BCUT2D eigenvalue weighted by Crippen LogP contribution is -2.29. The van der Waals surface area contributed by atoms with Gasteiger partial charge in [0.15, 0.2) is 0 Å². The SMILES string of the molecule is CC=C(NCCC)N(C)c1ccc(C2=C(c3ccc(F)c(C)c3)CC(C)C=C2)cc1CC. The van der Waals surface area contributed by atoms with Crippen LogP contribution in [-0.4, -0.2) is 13.6 Å². The van der Waals surface area contributed by atoms with Crippen molar-refractivity contribution in [1.82, 2.24) is 5.32 Å². The molecule has 0 amide bonds. The second-order valence-corrected chi connectivity index (χ2v) is 8.75. The van der Waals surface area contributed by atoms with E-state index < -0.39 is 0 Å². The van der Waals surface area contributed by atoms with Crippen molar-refractivity contribution in [3.8, 4) is 0 Å². The second kappa shape index (κ2) is 10.7. The summed E-state index contributed by atoms with van der Waals surface area (Å²) in [6, 6.07) is 12.3. The Hall–Kier alpha value is -2.81. The van der Waals surface area contributed by atoms with E-state index in [9.17, 15) is 4.39 Å². The number of hydrogen-bond donors (Lipinski definition) is 1. The minimum absolute atomic E-state index is 0.146. The Bertz CT molecular complexity index is 1050. The molecule has 0 bridgehead atoms. The monoisotopic (exact) mass is 432 g/mol. The molecule has 0 radical (unpaired) electrons. The van der Waals surface area contributed by atoms with Crippen molar-refractivity contribution in [2.75, 3.05) is 18.5 Å². The first-order chi connectivity index (χ1) is 15.4. The van der Waals surface area contributed by atoms with Crippen LogP contribution in [-0.2, 0) is 6.42 Å². The molecule has 2 aromatic carbocycles. The van der Waals surface area contributed by atoms with Gasteiger partial charge in [0, 0.05) is 19.3 Å². The molecule has 0 saturated heterocycles. The molecule has 0 fully saturated rings. The average Bonchev–Trinajstić information content (AvgIpc) is 2.80. The highest BCUT2D eigenvalue weighted by molar-refractivity contribution is 5.97. The van der Waals surface area contributed by atoms with Crippen LogP contribution in [0.15, 0.2) is 60.4 Å². The molecule has 0 spiro atoms. The van der Waals surface area contributed by atoms with Crippen molar-refractivity contribution in [2.24, 2.45) is 5.92 Å². The van der Waals surface area contributed by atoms with Crippen molar-refractivity contribution < 1.29 is 4.39 Å². The van der Waals surface area contributed by atoms with Crippen LogP contribution in [0.3, 0.4) is 0 Å². The zero-order valence-electron chi connectivity index (χ0n) is 20.4. The van der Waals surface area contributed by atoms with E-state index in [1.165, 1.54) is 28.0 Å². The lowest BCUT2D eigenvalue weighted by Gasteiger charge is -2.27. The minimum Gasteiger partial charge on any atom is -0.372 e. The summed E-state index contributed by atoms with van der Waals surface area (Å²) in [5.41, 5.74) is 8.12. The molecule has 0 saturated carbocycles. The van der Waals surface area contributed by atoms with E-state index >= 15 is 0 Å². The number of hydrogen-bond acceptors (Lipinski definition) is 2. The molecule has 3 heteroatoms. The van der Waals surface area contributed by atoms with E-state index in [-0.39, 0.29) is 5.82 Å². The van der Waals surface area contributed by atoms with E-state index in [4.69, 9.17) is 0 Å². The second-order valence-electron chi connectivity index (χ2n) is 8.75. The molecule has 1 atom stereocenters. The Morgan fingerprint density at radius 1 is 1.16 bits per heavy atom. The normalized spacial score (nSPS) is 16.5. The summed E-state index contributed by atoms with van der Waals surface area (Å²) in [5, 5.41) is 3.53. The molecule has 0 aliphatic heterocycles. The van der Waals surface area contributed by atoms with Gasteiger partial charge in [-0.05, 0) is 103 Å². The molecule has 0 heterocycles. The zero-order chi connectivity index (χ0) is 23.3. The predicted octanol–water partition coefficient (Wildman–Crippen LogP) is 7.50. The highest BCUT2D eigenvalue weighted by Crippen LogP contribution is 2.38. The lowest BCUT2D eigenvalue weighted by atomic mass is 9.83. The molecule has 2 aromatic rings. The third-order valence-corrected chi connectivity index (χ3v) is 6.27. The summed E-state index contributed by atoms with van der Waals surface area (Å²) in [7, 11) is 2.13. The van der Waals surface area contributed by atoms with E-state index in [0.717, 1.165) is 37.2 Å². The van der Waals surface area contributed by atoms with Gasteiger partial charge in [-0.15, -0.1) is 0 Å². The molecule has 1 unspecified atom stereocenters. The van der Waals surface area contributed by atoms with Gasteiger partial charge in [0.05, 0.1) is 0 Å². The number of nitrogens with one attached hydrogen (secondary N) is 1. The van der Waals surface area contributed by atoms with Crippen LogP contribution in [0.1, 0.15) is 62.8 Å². The molecule has 32 heavy (non-hydrogen) atoms. The molecule has 2 nitrogen and oxygen atoms in total. The van der Waals surface area contributed by atoms with Crippen molar-refractivity contribution in [2.45, 2.75) is 53.9 Å². The van der Waals surface area contributed by atoms with Gasteiger partial charge < -0.3 is 10.2 Å². The molecule has 0 aromatic heterocycles. The summed E-state index contributed by atoms with van der Waals surface area (Å²) >= 11 is 0. The van der Waals surface area contributed by atoms with Crippen LogP contribution in [0, 0.1) is 18.7 Å². The molecule has 3 rings (SSSR count). The summed E-state index contributed by atoms with van der Waals surface area (Å²) in [6.45, 7) is 11.5. The van der Waals surface area contributed by atoms with Crippen molar-refractivity contribution >= 4 is 16.8 Å².